The second-order valence-corrected chi connectivity index (χ2v) is 10.0. The van der Waals surface area contributed by atoms with Crippen LogP contribution in [0.3, 0.4) is 0 Å². The molecule has 44 heavy (non-hydrogen) atoms. The average molecular weight is 615 g/mol. The third-order valence-corrected chi connectivity index (χ3v) is 7.06. The van der Waals surface area contributed by atoms with Crippen LogP contribution in [-0.4, -0.2) is 56.5 Å². The van der Waals surface area contributed by atoms with Crippen LogP contribution in [0, 0.1) is 11.3 Å². The summed E-state index contributed by atoms with van der Waals surface area (Å²) < 4.78 is 16.7. The van der Waals surface area contributed by atoms with E-state index in [1.54, 1.807) is 49.6 Å². The summed E-state index contributed by atoms with van der Waals surface area (Å²) in [6, 6.07) is 19.6. The fraction of sp³-hybridized carbons (Fsp3) is 0.226. The maximum atomic E-state index is 12.5. The molecule has 1 aliphatic rings. The smallest absolute Gasteiger partial charge is 0.319 e. The molecule has 2 amide bonds. The summed E-state index contributed by atoms with van der Waals surface area (Å²) in [6.45, 7) is 3.01. The summed E-state index contributed by atoms with van der Waals surface area (Å²) in [5.41, 5.74) is 4.22. The van der Waals surface area contributed by atoms with Gasteiger partial charge in [-0.05, 0) is 42.0 Å². The van der Waals surface area contributed by atoms with E-state index in [-0.39, 0.29) is 12.0 Å². The molecule has 226 valence electrons. The second kappa shape index (κ2) is 14.3. The van der Waals surface area contributed by atoms with Crippen molar-refractivity contribution in [1.82, 2.24) is 15.3 Å². The number of anilines is 6. The molecule has 4 aromatic rings. The van der Waals surface area contributed by atoms with Gasteiger partial charge in [0.2, 0.25) is 5.95 Å². The average Bonchev–Trinajstić information content (AvgIpc) is 3.06. The first-order chi connectivity index (χ1) is 21.5. The van der Waals surface area contributed by atoms with Crippen LogP contribution in [0.2, 0.25) is 5.02 Å². The van der Waals surface area contributed by atoms with Crippen LogP contribution in [-0.2, 0) is 11.3 Å². The van der Waals surface area contributed by atoms with Gasteiger partial charge in [-0.2, -0.15) is 10.2 Å². The zero-order chi connectivity index (χ0) is 30.9. The van der Waals surface area contributed by atoms with Crippen molar-refractivity contribution in [3.63, 3.8) is 0 Å². The van der Waals surface area contributed by atoms with Crippen LogP contribution >= 0.6 is 11.6 Å². The van der Waals surface area contributed by atoms with Gasteiger partial charge in [0.25, 0.3) is 0 Å². The lowest BCUT2D eigenvalue weighted by Crippen LogP contribution is -2.36. The van der Waals surface area contributed by atoms with Gasteiger partial charge >= 0.3 is 6.03 Å². The number of aromatic nitrogens is 2. The fourth-order valence-corrected chi connectivity index (χ4v) is 4.73. The summed E-state index contributed by atoms with van der Waals surface area (Å²) in [4.78, 5) is 23.6. The molecule has 0 radical (unpaired) electrons. The van der Waals surface area contributed by atoms with Gasteiger partial charge in [0, 0.05) is 31.4 Å². The molecular formula is C31H31ClN8O4. The zero-order valence-corrected chi connectivity index (χ0v) is 24.9. The zero-order valence-electron chi connectivity index (χ0n) is 24.2. The minimum absolute atomic E-state index is 0.284. The summed E-state index contributed by atoms with van der Waals surface area (Å²) in [5.74, 6) is 1.88. The topological polar surface area (TPSA) is 146 Å². The van der Waals surface area contributed by atoms with E-state index in [2.05, 4.69) is 42.2 Å². The Kier molecular flexibility index (Phi) is 9.81. The van der Waals surface area contributed by atoms with Crippen LogP contribution in [0.25, 0.3) is 0 Å². The standard InChI is InChI=1S/C31H31ClN8O4/c1-42-26-5-3-4-25(28(26)40-12-14-44-15-13-40)37-29-23(32)19-34-30(39-29)38-24-11-10-22(16-27(24)43-2)36-31(41)35-18-21-8-6-20(17-33)7-9-21/h3-11,16,19H,12-15,18H2,1-2H3,(H2,35,36,41)(H2,34,37,38,39). The van der Waals surface area contributed by atoms with Crippen molar-refractivity contribution in [1.29, 1.82) is 5.26 Å². The van der Waals surface area contributed by atoms with Crippen molar-refractivity contribution >= 4 is 52.1 Å². The summed E-state index contributed by atoms with van der Waals surface area (Å²) in [7, 11) is 3.17. The molecule has 0 spiro atoms. The second-order valence-electron chi connectivity index (χ2n) is 9.63. The Hall–Kier alpha value is -5.25. The predicted molar refractivity (Wildman–Crippen MR) is 170 cm³/mol. The first kappa shape index (κ1) is 30.2. The van der Waals surface area contributed by atoms with Crippen molar-refractivity contribution in [2.24, 2.45) is 0 Å². The number of nitrogens with one attached hydrogen (secondary N) is 4. The van der Waals surface area contributed by atoms with Crippen LogP contribution in [0.15, 0.2) is 66.9 Å². The number of carbonyl (C=O) groups is 1. The van der Waals surface area contributed by atoms with E-state index in [4.69, 9.17) is 31.1 Å². The number of amides is 2. The number of halogens is 1. The van der Waals surface area contributed by atoms with Crippen molar-refractivity contribution in [2.75, 3.05) is 61.4 Å². The number of hydrogen-bond acceptors (Lipinski definition) is 10. The summed E-state index contributed by atoms with van der Waals surface area (Å²) in [6.07, 6.45) is 1.51. The van der Waals surface area contributed by atoms with Crippen molar-refractivity contribution < 1.29 is 19.0 Å². The van der Waals surface area contributed by atoms with E-state index < -0.39 is 0 Å². The van der Waals surface area contributed by atoms with Gasteiger partial charge < -0.3 is 40.4 Å². The number of nitrogens with zero attached hydrogens (tertiary/aromatic N) is 4. The Labute approximate surface area is 259 Å². The first-order valence-electron chi connectivity index (χ1n) is 13.8. The Morgan fingerprint density at radius 1 is 1.02 bits per heavy atom. The molecule has 4 N–H and O–H groups in total. The molecule has 1 saturated heterocycles. The number of rotatable bonds is 10. The van der Waals surface area contributed by atoms with E-state index in [9.17, 15) is 4.79 Å². The highest BCUT2D eigenvalue weighted by Gasteiger charge is 2.20. The highest BCUT2D eigenvalue weighted by Crippen LogP contribution is 2.39. The lowest BCUT2D eigenvalue weighted by molar-refractivity contribution is 0.122. The molecule has 12 nitrogen and oxygen atoms in total. The highest BCUT2D eigenvalue weighted by atomic mass is 35.5. The first-order valence-corrected chi connectivity index (χ1v) is 14.1. The van der Waals surface area contributed by atoms with Gasteiger partial charge in [-0.25, -0.2) is 9.78 Å². The van der Waals surface area contributed by atoms with Crippen LogP contribution in [0.5, 0.6) is 11.5 Å². The molecule has 1 aliphatic heterocycles. The van der Waals surface area contributed by atoms with E-state index in [0.717, 1.165) is 35.8 Å². The molecule has 1 aromatic heterocycles. The summed E-state index contributed by atoms with van der Waals surface area (Å²) >= 11 is 6.50. The summed E-state index contributed by atoms with van der Waals surface area (Å²) in [5, 5.41) is 21.4. The highest BCUT2D eigenvalue weighted by molar-refractivity contribution is 6.33. The molecule has 13 heteroatoms. The number of ether oxygens (including phenoxy) is 3. The molecule has 1 fully saturated rings. The number of carbonyl (C=O) groups excluding carboxylic acids is 1. The quantitative estimate of drug-likeness (QED) is 0.176. The van der Waals surface area contributed by atoms with E-state index >= 15 is 0 Å². The Morgan fingerprint density at radius 3 is 2.52 bits per heavy atom. The van der Waals surface area contributed by atoms with Crippen molar-refractivity contribution in [2.45, 2.75) is 6.54 Å². The third-order valence-electron chi connectivity index (χ3n) is 6.79. The number of nitriles is 1. The molecule has 5 rings (SSSR count). The lowest BCUT2D eigenvalue weighted by Gasteiger charge is -2.31. The molecule has 3 aromatic carbocycles. The molecule has 0 saturated carbocycles. The Morgan fingerprint density at radius 2 is 1.80 bits per heavy atom. The maximum absolute atomic E-state index is 12.5. The number of hydrogen-bond donors (Lipinski definition) is 4. The van der Waals surface area contributed by atoms with Gasteiger partial charge in [0.05, 0.1) is 56.6 Å². The largest absolute Gasteiger partial charge is 0.495 e. The number of methoxy groups -OCH3 is 2. The molecule has 0 aliphatic carbocycles. The molecular weight excluding hydrogens is 584 g/mol. The molecule has 0 unspecified atom stereocenters. The van der Waals surface area contributed by atoms with E-state index in [1.165, 1.54) is 13.3 Å². The SMILES string of the molecule is COc1cc(NC(=O)NCc2ccc(C#N)cc2)ccc1Nc1ncc(Cl)c(Nc2cccc(OC)c2N2CCOCC2)n1. The number of benzene rings is 3. The van der Waals surface area contributed by atoms with E-state index in [1.807, 2.05) is 18.2 Å². The Balaban J connectivity index is 1.28. The molecule has 2 heterocycles. The van der Waals surface area contributed by atoms with Crippen LogP contribution in [0.4, 0.5) is 39.3 Å². The Bertz CT molecular complexity index is 1660. The maximum Gasteiger partial charge on any atom is 0.319 e. The van der Waals surface area contributed by atoms with Crippen LogP contribution in [0.1, 0.15) is 11.1 Å². The van der Waals surface area contributed by atoms with Crippen molar-refractivity contribution in [3.8, 4) is 17.6 Å². The van der Waals surface area contributed by atoms with Gasteiger partial charge in [0.1, 0.15) is 22.2 Å². The van der Waals surface area contributed by atoms with Gasteiger partial charge in [-0.3, -0.25) is 0 Å². The van der Waals surface area contributed by atoms with E-state index in [0.29, 0.717) is 53.3 Å². The van der Waals surface area contributed by atoms with Crippen LogP contribution < -0.4 is 35.6 Å². The number of urea groups is 1. The monoisotopic (exact) mass is 614 g/mol. The van der Waals surface area contributed by atoms with Crippen molar-refractivity contribution in [3.05, 3.63) is 83.0 Å². The predicted octanol–water partition coefficient (Wildman–Crippen LogP) is 5.66. The number of morpholine rings is 1. The molecule has 0 bridgehead atoms. The van der Waals surface area contributed by atoms with Gasteiger partial charge in [-0.15, -0.1) is 0 Å². The number of para-hydroxylation sites is 1. The van der Waals surface area contributed by atoms with Gasteiger partial charge in [-0.1, -0.05) is 29.8 Å². The van der Waals surface area contributed by atoms with Gasteiger partial charge in [0.15, 0.2) is 5.82 Å². The third kappa shape index (κ3) is 7.38. The minimum atomic E-state index is -0.386. The fourth-order valence-electron chi connectivity index (χ4n) is 4.59. The lowest BCUT2D eigenvalue weighted by atomic mass is 10.1. The minimum Gasteiger partial charge on any atom is -0.495 e. The molecule has 0 atom stereocenters. The normalized spacial score (nSPS) is 12.5.